The molecular formula is C8H18O. The molecule has 0 saturated carbocycles. The van der Waals surface area contributed by atoms with Crippen LogP contribution in [0.5, 0.6) is 0 Å². The van der Waals surface area contributed by atoms with Crippen LogP contribution in [-0.4, -0.2) is 13.7 Å². The van der Waals surface area contributed by atoms with Gasteiger partial charge in [0.05, 0.1) is 0 Å². The van der Waals surface area contributed by atoms with Gasteiger partial charge in [0, 0.05) is 13.7 Å². The minimum Gasteiger partial charge on any atom is -0.385 e. The molecule has 0 bridgehead atoms. The molecule has 1 heteroatoms. The summed E-state index contributed by atoms with van der Waals surface area (Å²) >= 11 is 0. The first kappa shape index (κ1) is 8.96. The van der Waals surface area contributed by atoms with E-state index in [-0.39, 0.29) is 0 Å². The van der Waals surface area contributed by atoms with Gasteiger partial charge in [0.15, 0.2) is 0 Å². The van der Waals surface area contributed by atoms with E-state index in [1.807, 2.05) is 0 Å². The van der Waals surface area contributed by atoms with Crippen molar-refractivity contribution in [1.82, 2.24) is 0 Å². The molecule has 0 aliphatic carbocycles. The van der Waals surface area contributed by atoms with Gasteiger partial charge in [-0.05, 0) is 18.3 Å². The van der Waals surface area contributed by atoms with Crippen LogP contribution in [0.1, 0.15) is 27.2 Å². The lowest BCUT2D eigenvalue weighted by atomic mass is 9.95. The Balaban J connectivity index is 3.16. The van der Waals surface area contributed by atoms with E-state index in [2.05, 4.69) is 20.8 Å². The summed E-state index contributed by atoms with van der Waals surface area (Å²) in [5.41, 5.74) is 0. The van der Waals surface area contributed by atoms with Gasteiger partial charge in [0.2, 0.25) is 0 Å². The number of hydrogen-bond donors (Lipinski definition) is 0. The minimum atomic E-state index is 0.792. The summed E-state index contributed by atoms with van der Waals surface area (Å²) in [6, 6.07) is 0. The van der Waals surface area contributed by atoms with Crippen LogP contribution in [0.2, 0.25) is 0 Å². The molecule has 0 N–H and O–H groups in total. The van der Waals surface area contributed by atoms with Gasteiger partial charge < -0.3 is 4.74 Å². The van der Waals surface area contributed by atoms with Crippen molar-refractivity contribution in [3.05, 3.63) is 0 Å². The molecule has 56 valence electrons. The third kappa shape index (κ3) is 4.46. The van der Waals surface area contributed by atoms with Crippen molar-refractivity contribution in [2.75, 3.05) is 13.7 Å². The Morgan fingerprint density at radius 3 is 2.11 bits per heavy atom. The molecule has 9 heavy (non-hydrogen) atoms. The normalized spacial score (nSPS) is 14.3. The first-order valence-corrected chi connectivity index (χ1v) is 3.67. The van der Waals surface area contributed by atoms with Gasteiger partial charge in [0.1, 0.15) is 0 Å². The summed E-state index contributed by atoms with van der Waals surface area (Å²) in [5, 5.41) is 0. The Morgan fingerprint density at radius 2 is 1.78 bits per heavy atom. The van der Waals surface area contributed by atoms with Crippen LogP contribution in [0.4, 0.5) is 0 Å². The Morgan fingerprint density at radius 1 is 1.22 bits per heavy atom. The predicted molar refractivity (Wildman–Crippen MR) is 40.5 cm³/mol. The van der Waals surface area contributed by atoms with Crippen LogP contribution >= 0.6 is 0 Å². The second-order valence-corrected chi connectivity index (χ2v) is 3.00. The zero-order chi connectivity index (χ0) is 7.28. The highest BCUT2D eigenvalue weighted by molar-refractivity contribution is 4.55. The van der Waals surface area contributed by atoms with E-state index in [1.54, 1.807) is 7.11 Å². The standard InChI is InChI=1S/C8H18O/c1-7(2)8(3)5-6-9-4/h7-8H,5-6H2,1-4H3/t8-/m0/s1. The Labute approximate surface area is 58.4 Å². The van der Waals surface area contributed by atoms with Crippen LogP contribution in [-0.2, 0) is 4.74 Å². The molecule has 0 amide bonds. The van der Waals surface area contributed by atoms with E-state index in [9.17, 15) is 0 Å². The van der Waals surface area contributed by atoms with Crippen molar-refractivity contribution in [3.8, 4) is 0 Å². The lowest BCUT2D eigenvalue weighted by Gasteiger charge is -2.13. The fraction of sp³-hybridized carbons (Fsp3) is 1.00. The van der Waals surface area contributed by atoms with Gasteiger partial charge in [-0.2, -0.15) is 0 Å². The highest BCUT2D eigenvalue weighted by Gasteiger charge is 2.04. The maximum atomic E-state index is 4.96. The van der Waals surface area contributed by atoms with Gasteiger partial charge >= 0.3 is 0 Å². The molecule has 0 radical (unpaired) electrons. The summed E-state index contributed by atoms with van der Waals surface area (Å²) in [7, 11) is 1.76. The molecule has 0 spiro atoms. The average molecular weight is 130 g/mol. The van der Waals surface area contributed by atoms with Gasteiger partial charge in [-0.3, -0.25) is 0 Å². The zero-order valence-electron chi connectivity index (χ0n) is 6.98. The lowest BCUT2D eigenvalue weighted by molar-refractivity contribution is 0.170. The molecule has 1 atom stereocenters. The van der Waals surface area contributed by atoms with Crippen molar-refractivity contribution in [1.29, 1.82) is 0 Å². The van der Waals surface area contributed by atoms with Gasteiger partial charge in [-0.1, -0.05) is 20.8 Å². The summed E-state index contributed by atoms with van der Waals surface area (Å²) in [4.78, 5) is 0. The fourth-order valence-corrected chi connectivity index (χ4v) is 0.637. The third-order valence-electron chi connectivity index (χ3n) is 1.92. The van der Waals surface area contributed by atoms with Crippen LogP contribution in [0.15, 0.2) is 0 Å². The fourth-order valence-electron chi connectivity index (χ4n) is 0.637. The summed E-state index contributed by atoms with van der Waals surface area (Å²) in [6.07, 6.45) is 1.19. The third-order valence-corrected chi connectivity index (χ3v) is 1.92. The smallest absolute Gasteiger partial charge is 0.0464 e. The van der Waals surface area contributed by atoms with Crippen LogP contribution in [0.25, 0.3) is 0 Å². The first-order valence-electron chi connectivity index (χ1n) is 3.67. The van der Waals surface area contributed by atoms with Crippen molar-refractivity contribution in [2.24, 2.45) is 11.8 Å². The second-order valence-electron chi connectivity index (χ2n) is 3.00. The monoisotopic (exact) mass is 130 g/mol. The van der Waals surface area contributed by atoms with Gasteiger partial charge in [-0.25, -0.2) is 0 Å². The van der Waals surface area contributed by atoms with E-state index in [0.717, 1.165) is 18.4 Å². The zero-order valence-corrected chi connectivity index (χ0v) is 6.98. The summed E-state index contributed by atoms with van der Waals surface area (Å²) in [6.45, 7) is 7.67. The molecule has 0 aliphatic rings. The molecule has 1 nitrogen and oxygen atoms in total. The Bertz CT molecular complexity index is 59.6. The number of ether oxygens (including phenoxy) is 1. The quantitative estimate of drug-likeness (QED) is 0.567. The topological polar surface area (TPSA) is 9.23 Å². The Kier molecular flexibility index (Phi) is 4.78. The van der Waals surface area contributed by atoms with Crippen molar-refractivity contribution in [2.45, 2.75) is 27.2 Å². The molecule has 0 saturated heterocycles. The molecule has 0 aromatic carbocycles. The maximum Gasteiger partial charge on any atom is 0.0464 e. The van der Waals surface area contributed by atoms with E-state index in [0.29, 0.717) is 0 Å². The summed E-state index contributed by atoms with van der Waals surface area (Å²) in [5.74, 6) is 1.59. The SMILES string of the molecule is COCC[C@H](C)C(C)C. The molecule has 0 aromatic heterocycles. The number of hydrogen-bond acceptors (Lipinski definition) is 1. The van der Waals surface area contributed by atoms with Gasteiger partial charge in [0.25, 0.3) is 0 Å². The van der Waals surface area contributed by atoms with Crippen LogP contribution < -0.4 is 0 Å². The van der Waals surface area contributed by atoms with Crippen LogP contribution in [0, 0.1) is 11.8 Å². The molecule has 0 heterocycles. The van der Waals surface area contributed by atoms with Crippen molar-refractivity contribution < 1.29 is 4.74 Å². The molecule has 0 unspecified atom stereocenters. The molecule has 0 aromatic rings. The van der Waals surface area contributed by atoms with Gasteiger partial charge in [-0.15, -0.1) is 0 Å². The van der Waals surface area contributed by atoms with E-state index in [4.69, 9.17) is 4.74 Å². The first-order chi connectivity index (χ1) is 4.18. The highest BCUT2D eigenvalue weighted by Crippen LogP contribution is 2.12. The summed E-state index contributed by atoms with van der Waals surface area (Å²) < 4.78 is 4.96. The maximum absolute atomic E-state index is 4.96. The van der Waals surface area contributed by atoms with Crippen LogP contribution in [0.3, 0.4) is 0 Å². The van der Waals surface area contributed by atoms with E-state index < -0.39 is 0 Å². The van der Waals surface area contributed by atoms with Crippen molar-refractivity contribution in [3.63, 3.8) is 0 Å². The Hall–Kier alpha value is -0.0400. The minimum absolute atomic E-state index is 0.792. The molecule has 0 aliphatic heterocycles. The predicted octanol–water partition coefficient (Wildman–Crippen LogP) is 2.32. The lowest BCUT2D eigenvalue weighted by Crippen LogP contribution is -2.06. The molecule has 0 fully saturated rings. The number of methoxy groups -OCH3 is 1. The second kappa shape index (κ2) is 4.80. The molecule has 0 rings (SSSR count). The highest BCUT2D eigenvalue weighted by atomic mass is 16.5. The van der Waals surface area contributed by atoms with E-state index >= 15 is 0 Å². The number of rotatable bonds is 4. The van der Waals surface area contributed by atoms with Crippen molar-refractivity contribution >= 4 is 0 Å². The molecular weight excluding hydrogens is 112 g/mol. The van der Waals surface area contributed by atoms with E-state index in [1.165, 1.54) is 6.42 Å². The average Bonchev–Trinajstić information content (AvgIpc) is 1.82. The largest absolute Gasteiger partial charge is 0.385 e.